The third kappa shape index (κ3) is 8.91. The van der Waals surface area contributed by atoms with Crippen LogP contribution in [0.4, 0.5) is 0 Å². The molecule has 1 fully saturated rings. The Hall–Kier alpha value is -4.84. The molecule has 0 amide bonds. The van der Waals surface area contributed by atoms with E-state index in [2.05, 4.69) is 15.9 Å². The maximum Gasteiger partial charge on any atom is 0.338 e. The van der Waals surface area contributed by atoms with Crippen LogP contribution in [0.2, 0.25) is 0 Å². The third-order valence-electron chi connectivity index (χ3n) is 7.10. The van der Waals surface area contributed by atoms with Crippen molar-refractivity contribution < 1.29 is 47.6 Å². The molecule has 0 N–H and O–H groups in total. The molecule has 0 bridgehead atoms. The summed E-state index contributed by atoms with van der Waals surface area (Å²) in [4.78, 5) is 53.3. The van der Waals surface area contributed by atoms with Crippen LogP contribution in [0, 0.1) is 0 Å². The maximum absolute atomic E-state index is 13.5. The highest BCUT2D eigenvalue weighted by molar-refractivity contribution is 9.09. The van der Waals surface area contributed by atoms with Crippen molar-refractivity contribution in [1.82, 2.24) is 0 Å². The fraction of sp³-hybridized carbons (Fsp3) is 0.222. The van der Waals surface area contributed by atoms with Crippen LogP contribution in [0.25, 0.3) is 0 Å². The first-order valence-electron chi connectivity index (χ1n) is 14.8. The molecule has 4 aromatic carbocycles. The van der Waals surface area contributed by atoms with Crippen LogP contribution >= 0.6 is 15.9 Å². The fourth-order valence-corrected chi connectivity index (χ4v) is 5.01. The van der Waals surface area contributed by atoms with E-state index in [4.69, 9.17) is 28.4 Å². The molecule has 242 valence electrons. The van der Waals surface area contributed by atoms with Gasteiger partial charge in [-0.25, -0.2) is 19.2 Å². The number of rotatable bonds is 12. The SMILES string of the molecule is O=C(OC[C@H]1O[C@H](OCCBr)[C@H](OC(=O)c2ccccc2)[C@@H](OC(=O)c2ccccc2)[C@@H]1OC(=O)c1ccccc1)c1ccccc1. The van der Waals surface area contributed by atoms with Gasteiger partial charge in [0.25, 0.3) is 0 Å². The van der Waals surface area contributed by atoms with Gasteiger partial charge in [0.15, 0.2) is 24.6 Å². The Morgan fingerprint density at radius 1 is 0.532 bits per heavy atom. The molecule has 5 atom stereocenters. The lowest BCUT2D eigenvalue weighted by Gasteiger charge is -2.44. The molecular formula is C36H31BrO10. The van der Waals surface area contributed by atoms with E-state index in [0.29, 0.717) is 5.33 Å². The summed E-state index contributed by atoms with van der Waals surface area (Å²) in [5, 5.41) is 0.390. The summed E-state index contributed by atoms with van der Waals surface area (Å²) in [6.07, 6.45) is -6.82. The summed E-state index contributed by atoms with van der Waals surface area (Å²) in [6.45, 7) is -0.318. The Morgan fingerprint density at radius 2 is 0.915 bits per heavy atom. The Morgan fingerprint density at radius 3 is 1.34 bits per heavy atom. The first kappa shape index (κ1) is 33.5. The summed E-state index contributed by atoms with van der Waals surface area (Å²) in [7, 11) is 0. The zero-order valence-corrected chi connectivity index (χ0v) is 26.6. The fourth-order valence-electron chi connectivity index (χ4n) is 4.82. The van der Waals surface area contributed by atoms with E-state index in [1.807, 2.05) is 0 Å². The van der Waals surface area contributed by atoms with E-state index in [0.717, 1.165) is 0 Å². The second-order valence-electron chi connectivity index (χ2n) is 10.3. The normalized spacial score (nSPS) is 20.4. The molecule has 1 aliphatic heterocycles. The highest BCUT2D eigenvalue weighted by Gasteiger charge is 2.53. The van der Waals surface area contributed by atoms with Gasteiger partial charge in [0.1, 0.15) is 12.7 Å². The Balaban J connectivity index is 1.53. The van der Waals surface area contributed by atoms with Gasteiger partial charge in [0.05, 0.1) is 28.9 Å². The number of ether oxygens (including phenoxy) is 6. The van der Waals surface area contributed by atoms with Gasteiger partial charge in [0.2, 0.25) is 0 Å². The van der Waals surface area contributed by atoms with Gasteiger partial charge >= 0.3 is 23.9 Å². The monoisotopic (exact) mass is 702 g/mol. The molecule has 1 heterocycles. The van der Waals surface area contributed by atoms with Crippen LogP contribution in [0.15, 0.2) is 121 Å². The number of carbonyl (C=O) groups excluding carboxylic acids is 4. The zero-order valence-electron chi connectivity index (χ0n) is 25.0. The Kier molecular flexibility index (Phi) is 11.9. The minimum atomic E-state index is -1.46. The van der Waals surface area contributed by atoms with Crippen molar-refractivity contribution in [2.24, 2.45) is 0 Å². The molecule has 0 aromatic heterocycles. The molecule has 1 aliphatic rings. The van der Waals surface area contributed by atoms with E-state index < -0.39 is 61.2 Å². The number of hydrogen-bond acceptors (Lipinski definition) is 10. The van der Waals surface area contributed by atoms with Crippen LogP contribution < -0.4 is 0 Å². The Bertz CT molecular complexity index is 1620. The van der Waals surface area contributed by atoms with E-state index in [1.165, 1.54) is 0 Å². The maximum atomic E-state index is 13.5. The van der Waals surface area contributed by atoms with Crippen LogP contribution in [0.3, 0.4) is 0 Å². The molecule has 47 heavy (non-hydrogen) atoms. The Labute approximate surface area is 279 Å². The van der Waals surface area contributed by atoms with Gasteiger partial charge in [-0.1, -0.05) is 88.7 Å². The smallest absolute Gasteiger partial charge is 0.338 e. The second kappa shape index (κ2) is 16.6. The lowest BCUT2D eigenvalue weighted by molar-refractivity contribution is -0.297. The average Bonchev–Trinajstić information content (AvgIpc) is 3.13. The highest BCUT2D eigenvalue weighted by atomic mass is 79.9. The topological polar surface area (TPSA) is 124 Å². The number of esters is 4. The van der Waals surface area contributed by atoms with Crippen molar-refractivity contribution in [2.75, 3.05) is 18.5 Å². The standard InChI is InChI=1S/C36H31BrO10/c37-21-22-42-36-31(47-35(41)27-19-11-4-12-20-27)30(46-34(40)26-17-9-3-10-18-26)29(45-33(39)25-15-7-2-8-16-25)28(44-36)23-43-32(38)24-13-5-1-6-14-24/h1-20,28-31,36H,21-23H2/t28-,29-,30+,31-,36+/m1/s1. The molecule has 10 nitrogen and oxygen atoms in total. The summed E-state index contributed by atoms with van der Waals surface area (Å²) in [6, 6.07) is 32.8. The first-order chi connectivity index (χ1) is 22.9. The van der Waals surface area contributed by atoms with E-state index in [9.17, 15) is 19.2 Å². The summed E-state index contributed by atoms with van der Waals surface area (Å²) < 4.78 is 35.6. The summed E-state index contributed by atoms with van der Waals surface area (Å²) in [5.74, 6) is -2.96. The number of hydrogen-bond donors (Lipinski definition) is 0. The van der Waals surface area contributed by atoms with Crippen LogP contribution in [0.5, 0.6) is 0 Å². The molecule has 0 spiro atoms. The van der Waals surface area contributed by atoms with Gasteiger partial charge in [0, 0.05) is 5.33 Å². The van der Waals surface area contributed by atoms with Crippen LogP contribution in [0.1, 0.15) is 41.4 Å². The molecule has 4 aromatic rings. The molecule has 0 radical (unpaired) electrons. The van der Waals surface area contributed by atoms with Crippen molar-refractivity contribution in [2.45, 2.75) is 30.7 Å². The van der Waals surface area contributed by atoms with E-state index >= 15 is 0 Å². The van der Waals surface area contributed by atoms with Crippen molar-refractivity contribution in [3.8, 4) is 0 Å². The summed E-state index contributed by atoms with van der Waals surface area (Å²) >= 11 is 3.32. The van der Waals surface area contributed by atoms with Gasteiger partial charge in [-0.15, -0.1) is 0 Å². The first-order valence-corrected chi connectivity index (χ1v) is 15.9. The quantitative estimate of drug-likeness (QED) is 0.104. The minimum Gasteiger partial charge on any atom is -0.459 e. The highest BCUT2D eigenvalue weighted by Crippen LogP contribution is 2.32. The van der Waals surface area contributed by atoms with Crippen molar-refractivity contribution in [3.05, 3.63) is 144 Å². The molecule has 1 saturated heterocycles. The van der Waals surface area contributed by atoms with Crippen molar-refractivity contribution >= 4 is 39.8 Å². The molecule has 11 heteroatoms. The molecule has 5 rings (SSSR count). The van der Waals surface area contributed by atoms with Gasteiger partial charge in [-0.2, -0.15) is 0 Å². The molecule has 0 aliphatic carbocycles. The minimum absolute atomic E-state index is 0.106. The van der Waals surface area contributed by atoms with E-state index in [1.54, 1.807) is 121 Å². The van der Waals surface area contributed by atoms with Crippen molar-refractivity contribution in [1.29, 1.82) is 0 Å². The van der Waals surface area contributed by atoms with Crippen molar-refractivity contribution in [3.63, 3.8) is 0 Å². The summed E-state index contributed by atoms with van der Waals surface area (Å²) in [5.41, 5.74) is 0.910. The predicted molar refractivity (Wildman–Crippen MR) is 172 cm³/mol. The molecule has 0 unspecified atom stereocenters. The van der Waals surface area contributed by atoms with Gasteiger partial charge < -0.3 is 28.4 Å². The lowest BCUT2D eigenvalue weighted by Crippen LogP contribution is -2.63. The largest absolute Gasteiger partial charge is 0.459 e. The number of benzene rings is 4. The third-order valence-corrected chi connectivity index (χ3v) is 7.42. The predicted octanol–water partition coefficient (Wildman–Crippen LogP) is 5.66. The number of alkyl halides is 1. The lowest BCUT2D eigenvalue weighted by atomic mass is 9.97. The van der Waals surface area contributed by atoms with Crippen LogP contribution in [-0.2, 0) is 28.4 Å². The second-order valence-corrected chi connectivity index (χ2v) is 11.1. The van der Waals surface area contributed by atoms with Crippen LogP contribution in [-0.4, -0.2) is 73.1 Å². The van der Waals surface area contributed by atoms with E-state index in [-0.39, 0.29) is 28.9 Å². The molecular weight excluding hydrogens is 672 g/mol. The zero-order chi connectivity index (χ0) is 33.0. The molecule has 0 saturated carbocycles. The number of halogens is 1. The van der Waals surface area contributed by atoms with Gasteiger partial charge in [-0.3, -0.25) is 0 Å². The van der Waals surface area contributed by atoms with Gasteiger partial charge in [-0.05, 0) is 48.5 Å². The average molecular weight is 704 g/mol. The number of carbonyl (C=O) groups is 4.